The van der Waals surface area contributed by atoms with E-state index in [1.165, 1.54) is 14.2 Å². The van der Waals surface area contributed by atoms with E-state index < -0.39 is 27.0 Å². The average Bonchev–Trinajstić information content (AvgIpc) is 3.23. The van der Waals surface area contributed by atoms with Crippen LogP contribution in [0.15, 0.2) is 123 Å². The molecule has 0 aromatic heterocycles. The molecule has 34 heavy (non-hydrogen) atoms. The van der Waals surface area contributed by atoms with Crippen LogP contribution in [0.5, 0.6) is 0 Å². The summed E-state index contributed by atoms with van der Waals surface area (Å²) in [4.78, 5) is 0. The van der Waals surface area contributed by atoms with Gasteiger partial charge in [0.25, 0.3) is 0 Å². The highest BCUT2D eigenvalue weighted by atomic mass is 31.2. The van der Waals surface area contributed by atoms with Gasteiger partial charge in [-0.25, -0.2) is 0 Å². The van der Waals surface area contributed by atoms with Gasteiger partial charge in [0.1, 0.15) is 34.1 Å². The summed E-state index contributed by atoms with van der Waals surface area (Å²) in [6.07, 6.45) is 0. The minimum Gasteiger partial charge on any atom is -0.616 e. The summed E-state index contributed by atoms with van der Waals surface area (Å²) >= 11 is 0. The molecule has 1 aliphatic rings. The second-order valence-electron chi connectivity index (χ2n) is 7.40. The fraction of sp³-hybridized carbons (Fsp3) is 0.115. The number of amidine groups is 1. The van der Waals surface area contributed by atoms with Gasteiger partial charge in [0.2, 0.25) is 26.3 Å². The third-order valence-electron chi connectivity index (χ3n) is 5.43. The summed E-state index contributed by atoms with van der Waals surface area (Å²) in [6, 6.07) is 30.0. The Morgan fingerprint density at radius 1 is 0.735 bits per heavy atom. The van der Waals surface area contributed by atoms with Gasteiger partial charge in [0, 0.05) is 0 Å². The Morgan fingerprint density at radius 2 is 1.15 bits per heavy atom. The molecule has 0 N–H and O–H groups in total. The van der Waals surface area contributed by atoms with E-state index in [1.54, 1.807) is 6.66 Å². The van der Waals surface area contributed by atoms with Crippen LogP contribution in [0.25, 0.3) is 0 Å². The van der Waals surface area contributed by atoms with Gasteiger partial charge in [-0.3, -0.25) is 0 Å². The molecule has 0 saturated carbocycles. The van der Waals surface area contributed by atoms with Crippen molar-refractivity contribution >= 4 is 36.9 Å². The van der Waals surface area contributed by atoms with Crippen LogP contribution in [0.4, 0.5) is 0 Å². The average molecular weight is 490 g/mol. The molecule has 0 aliphatic carbocycles. The first-order chi connectivity index (χ1) is 16.5. The molecular formula is C26H24N2O4P2. The van der Waals surface area contributed by atoms with Gasteiger partial charge in [-0.1, -0.05) is 59.4 Å². The smallest absolute Gasteiger partial charge is 0.248 e. The summed E-state index contributed by atoms with van der Waals surface area (Å²) in [5.74, 6) is -1.01. The quantitative estimate of drug-likeness (QED) is 0.393. The van der Waals surface area contributed by atoms with Gasteiger partial charge < -0.3 is 19.7 Å². The van der Waals surface area contributed by atoms with Crippen molar-refractivity contribution in [1.29, 1.82) is 0 Å². The lowest BCUT2D eigenvalue weighted by Gasteiger charge is -2.22. The van der Waals surface area contributed by atoms with E-state index in [2.05, 4.69) is 0 Å². The highest BCUT2D eigenvalue weighted by molar-refractivity contribution is 7.94. The Hall–Kier alpha value is -3.46. The maximum Gasteiger partial charge on any atom is 0.248 e. The predicted octanol–water partition coefficient (Wildman–Crippen LogP) is 3.00. The predicted molar refractivity (Wildman–Crippen MR) is 136 cm³/mol. The van der Waals surface area contributed by atoms with Crippen LogP contribution in [0.1, 0.15) is 0 Å². The molecule has 0 saturated heterocycles. The van der Waals surface area contributed by atoms with E-state index in [0.717, 1.165) is 15.9 Å². The van der Waals surface area contributed by atoms with E-state index in [0.29, 0.717) is 0 Å². The Morgan fingerprint density at radius 3 is 1.53 bits per heavy atom. The number of ether oxygens (including phenoxy) is 2. The normalized spacial score (nSPS) is 18.9. The highest BCUT2D eigenvalue weighted by Gasteiger charge is 2.49. The van der Waals surface area contributed by atoms with Gasteiger partial charge in [-0.2, -0.15) is 0 Å². The van der Waals surface area contributed by atoms with E-state index in [1.807, 2.05) is 91.0 Å². The number of nitrogens with zero attached hydrogens (tertiary/aromatic N) is 2. The largest absolute Gasteiger partial charge is 0.616 e. The third-order valence-corrected chi connectivity index (χ3v) is 10.6. The van der Waals surface area contributed by atoms with Gasteiger partial charge in [-0.15, -0.1) is 0 Å². The van der Waals surface area contributed by atoms with Crippen molar-refractivity contribution in [2.24, 2.45) is 9.51 Å². The van der Waals surface area contributed by atoms with Crippen LogP contribution in [-0.2, 0) is 9.47 Å². The van der Waals surface area contributed by atoms with Crippen molar-refractivity contribution in [1.82, 2.24) is 0 Å². The molecular weight excluding hydrogens is 466 g/mol. The monoisotopic (exact) mass is 490 g/mol. The van der Waals surface area contributed by atoms with Gasteiger partial charge in [-0.05, 0) is 55.4 Å². The molecule has 172 valence electrons. The molecule has 1 unspecified atom stereocenters. The fourth-order valence-corrected chi connectivity index (χ4v) is 8.84. The van der Waals surface area contributed by atoms with Gasteiger partial charge in [0.05, 0.1) is 5.95 Å². The van der Waals surface area contributed by atoms with E-state index in [9.17, 15) is 10.2 Å². The van der Waals surface area contributed by atoms with Crippen LogP contribution in [0.2, 0.25) is 0 Å². The zero-order valence-electron chi connectivity index (χ0n) is 19.1. The zero-order valence-corrected chi connectivity index (χ0v) is 20.9. The van der Waals surface area contributed by atoms with E-state index in [-0.39, 0.29) is 16.7 Å². The molecule has 3 aromatic rings. The Bertz CT molecular complexity index is 1190. The fourth-order valence-electron chi connectivity index (χ4n) is 3.89. The molecule has 0 bridgehead atoms. The summed E-state index contributed by atoms with van der Waals surface area (Å²) < 4.78 is 20.0. The third kappa shape index (κ3) is 4.23. The van der Waals surface area contributed by atoms with Crippen molar-refractivity contribution in [3.05, 3.63) is 114 Å². The van der Waals surface area contributed by atoms with Crippen LogP contribution < -0.4 is 26.1 Å². The molecule has 4 rings (SSSR count). The van der Waals surface area contributed by atoms with Gasteiger partial charge in [0.15, 0.2) is 0 Å². The Labute approximate surface area is 200 Å². The number of benzene rings is 3. The SMILES string of the molecule is CO/C([O-])=C1/C(=N/[P+](c2ccccc2)(c2ccccc2)c2ccccc2)N=[P+](C)/C1=C(\[O-])OC. The van der Waals surface area contributed by atoms with Crippen LogP contribution in [0.3, 0.4) is 0 Å². The highest BCUT2D eigenvalue weighted by Crippen LogP contribution is 2.59. The summed E-state index contributed by atoms with van der Waals surface area (Å²) in [7, 11) is -1.43. The second-order valence-corrected chi connectivity index (χ2v) is 12.1. The molecule has 0 fully saturated rings. The van der Waals surface area contributed by atoms with E-state index >= 15 is 0 Å². The van der Waals surface area contributed by atoms with Crippen molar-refractivity contribution in [3.63, 3.8) is 0 Å². The zero-order chi connectivity index (χ0) is 24.1. The Balaban J connectivity index is 2.12. The van der Waals surface area contributed by atoms with E-state index in [4.69, 9.17) is 19.0 Å². The van der Waals surface area contributed by atoms with Crippen molar-refractivity contribution < 1.29 is 19.7 Å². The molecule has 3 aromatic carbocycles. The topological polar surface area (TPSA) is 89.3 Å². The first-order valence-electron chi connectivity index (χ1n) is 10.6. The Kier molecular flexibility index (Phi) is 7.12. The van der Waals surface area contributed by atoms with Crippen LogP contribution >= 0.6 is 15.1 Å². The first kappa shape index (κ1) is 23.7. The maximum absolute atomic E-state index is 12.9. The molecule has 0 amide bonds. The second kappa shape index (κ2) is 10.2. The van der Waals surface area contributed by atoms with Gasteiger partial charge >= 0.3 is 0 Å². The molecule has 6 nitrogen and oxygen atoms in total. The molecule has 0 radical (unpaired) electrons. The summed E-state index contributed by atoms with van der Waals surface area (Å²) in [5.41, 5.74) is 0.0788. The number of hydrogen-bond acceptors (Lipinski definition) is 5. The van der Waals surface area contributed by atoms with Crippen molar-refractivity contribution in [2.75, 3.05) is 20.9 Å². The van der Waals surface area contributed by atoms with Crippen molar-refractivity contribution in [3.8, 4) is 0 Å². The molecule has 8 heteroatoms. The minimum absolute atomic E-state index is 0.0788. The number of hydrogen-bond donors (Lipinski definition) is 0. The molecule has 0 spiro atoms. The number of methoxy groups -OCH3 is 2. The first-order valence-corrected chi connectivity index (χ1v) is 14.0. The minimum atomic E-state index is -2.67. The standard InChI is InChI=1S/C26H24N2O4P2/c1-31-25(29)22-23(26(30)32-2)33(3)27-24(22)28-34(19-13-7-4-8-14-19,20-15-9-5-10-16-20)21-17-11-6-12-18-21/h4-18H,1-3H3. The molecule has 1 aliphatic heterocycles. The van der Waals surface area contributed by atoms with Crippen LogP contribution in [-0.4, -0.2) is 26.7 Å². The lowest BCUT2D eigenvalue weighted by Crippen LogP contribution is -2.30. The van der Waals surface area contributed by atoms with Crippen molar-refractivity contribution in [2.45, 2.75) is 0 Å². The maximum atomic E-state index is 12.9. The number of rotatable bonds is 6. The molecule has 1 atom stereocenters. The lowest BCUT2D eigenvalue weighted by molar-refractivity contribution is -0.358. The van der Waals surface area contributed by atoms with Crippen LogP contribution in [0, 0.1) is 0 Å². The summed E-state index contributed by atoms with van der Waals surface area (Å²) in [5, 5.41) is 28.7. The summed E-state index contributed by atoms with van der Waals surface area (Å²) in [6.45, 7) is 1.81. The molecule has 1 heterocycles. The lowest BCUT2D eigenvalue weighted by atomic mass is 10.2.